The smallest absolute Gasteiger partial charge is 0.128 e. The fourth-order valence-electron chi connectivity index (χ4n) is 0.734. The van der Waals surface area contributed by atoms with Crippen molar-refractivity contribution in [3.05, 3.63) is 0 Å². The van der Waals surface area contributed by atoms with E-state index in [-0.39, 0.29) is 5.31 Å². The van der Waals surface area contributed by atoms with Gasteiger partial charge in [0.1, 0.15) is 15.3 Å². The van der Waals surface area contributed by atoms with E-state index in [1.54, 1.807) is 0 Å². The van der Waals surface area contributed by atoms with E-state index in [1.165, 1.54) is 14.1 Å². The third-order valence-corrected chi connectivity index (χ3v) is 1.26. The fourth-order valence-corrected chi connectivity index (χ4v) is 0.734. The standard InChI is InChI=1S/C8H19N3O/c1-6-5-7(12-4)10-8(9-6)11(2)3/h6-10H,5H2,1-4H3/i1D,4D3,5D2,7D,8D/hD2. The molecule has 12 heavy (non-hydrogen) atoms. The zero-order valence-corrected chi connectivity index (χ0v) is 7.03. The molecule has 0 aromatic carbocycles. The number of methoxy groups -OCH3 is 1. The van der Waals surface area contributed by atoms with E-state index in [2.05, 4.69) is 4.74 Å². The van der Waals surface area contributed by atoms with Gasteiger partial charge in [-0.05, 0) is 21.0 Å². The summed E-state index contributed by atoms with van der Waals surface area (Å²) >= 11 is 0. The molecule has 3 atom stereocenters. The molecule has 1 heterocycles. The predicted molar refractivity (Wildman–Crippen MR) is 48.6 cm³/mol. The van der Waals surface area contributed by atoms with Crippen molar-refractivity contribution in [2.75, 3.05) is 21.1 Å². The first kappa shape index (κ1) is 2.92. The van der Waals surface area contributed by atoms with Gasteiger partial charge < -0.3 is 4.74 Å². The lowest BCUT2D eigenvalue weighted by Crippen LogP contribution is -2.63. The van der Waals surface area contributed by atoms with Crippen molar-refractivity contribution in [2.45, 2.75) is 31.8 Å². The maximum atomic E-state index is 8.23. The molecule has 3 unspecified atom stereocenters. The van der Waals surface area contributed by atoms with Crippen LogP contribution in [0.25, 0.3) is 0 Å². The molecule has 1 rings (SSSR count). The van der Waals surface area contributed by atoms with Gasteiger partial charge in [0, 0.05) is 23.6 Å². The van der Waals surface area contributed by atoms with Gasteiger partial charge in [-0.15, -0.1) is 0 Å². The highest BCUT2D eigenvalue weighted by atomic mass is 16.5. The Kier molecular flexibility index (Phi) is 1.02. The van der Waals surface area contributed by atoms with E-state index in [1.807, 2.05) is 0 Å². The van der Waals surface area contributed by atoms with E-state index >= 15 is 0 Å². The Bertz CT molecular complexity index is 419. The van der Waals surface area contributed by atoms with Crippen molar-refractivity contribution >= 4 is 0 Å². The van der Waals surface area contributed by atoms with Gasteiger partial charge >= 0.3 is 0 Å². The summed E-state index contributed by atoms with van der Waals surface area (Å²) in [6, 6.07) is -1.64. The van der Waals surface area contributed by atoms with Crippen LogP contribution in [0.2, 0.25) is 2.82 Å². The van der Waals surface area contributed by atoms with Crippen molar-refractivity contribution in [2.24, 2.45) is 0 Å². The van der Waals surface area contributed by atoms with Crippen molar-refractivity contribution in [3.63, 3.8) is 0 Å². The minimum atomic E-state index is -3.20. The number of rotatable bonds is 2. The van der Waals surface area contributed by atoms with Crippen LogP contribution in [0, 0.1) is 0 Å². The van der Waals surface area contributed by atoms with Crippen molar-refractivity contribution in [3.8, 4) is 0 Å². The number of ether oxygens (including phenoxy) is 1. The maximum absolute atomic E-state index is 8.23. The molecule has 1 aliphatic rings. The predicted octanol–water partition coefficient (Wildman–Crippen LogP) is -0.224. The Morgan fingerprint density at radius 3 is 3.17 bits per heavy atom. The summed E-state index contributed by atoms with van der Waals surface area (Å²) in [4.78, 5) is 1.02. The van der Waals surface area contributed by atoms with Gasteiger partial charge in [0.05, 0.1) is 6.85 Å². The molecule has 4 heteroatoms. The van der Waals surface area contributed by atoms with Crippen LogP contribution < -0.4 is 10.6 Å². The van der Waals surface area contributed by atoms with Gasteiger partial charge in [0.15, 0.2) is 0 Å². The minimum Gasteiger partial charge on any atom is -0.366 e. The fraction of sp³-hybridized carbons (Fsp3) is 1.00. The van der Waals surface area contributed by atoms with Crippen LogP contribution in [0.15, 0.2) is 0 Å². The summed E-state index contributed by atoms with van der Waals surface area (Å²) in [6.07, 6.45) is -8.40. The van der Waals surface area contributed by atoms with E-state index in [0.717, 1.165) is 4.90 Å². The summed E-state index contributed by atoms with van der Waals surface area (Å²) in [5, 5.41) is 0.341. The molecule has 0 saturated carbocycles. The summed E-state index contributed by atoms with van der Waals surface area (Å²) in [6.45, 7) is -0.718. The van der Waals surface area contributed by atoms with Crippen LogP contribution in [0.1, 0.15) is 24.2 Å². The lowest BCUT2D eigenvalue weighted by Gasteiger charge is -2.38. The van der Waals surface area contributed by atoms with Gasteiger partial charge in [-0.1, -0.05) is 0 Å². The molecule has 1 aliphatic heterocycles. The lowest BCUT2D eigenvalue weighted by molar-refractivity contribution is -0.0105. The van der Waals surface area contributed by atoms with Crippen LogP contribution in [-0.2, 0) is 4.74 Å². The second-order valence-electron chi connectivity index (χ2n) is 2.50. The zero-order chi connectivity index (χ0) is 17.7. The lowest BCUT2D eigenvalue weighted by atomic mass is 10.2. The minimum absolute atomic E-state index is 0.0223. The molecule has 1 saturated heterocycles. The number of nitrogens with zero attached hydrogens (tertiary/aromatic N) is 1. The molecule has 0 aromatic rings. The quantitative estimate of drug-likeness (QED) is 0.620. The van der Waals surface area contributed by atoms with Crippen LogP contribution in [0.3, 0.4) is 0 Å². The van der Waals surface area contributed by atoms with Crippen molar-refractivity contribution in [1.29, 1.82) is 0 Å². The molecule has 1 fully saturated rings. The molecule has 0 bridgehead atoms. The Balaban J connectivity index is 3.52. The molecule has 72 valence electrons. The zero-order valence-electron chi connectivity index (χ0n) is 17.0. The number of hydrogen-bond donors (Lipinski definition) is 2. The van der Waals surface area contributed by atoms with Crippen LogP contribution in [0.5, 0.6) is 0 Å². The average molecular weight is 183 g/mol. The monoisotopic (exact) mass is 183 g/mol. The summed E-state index contributed by atoms with van der Waals surface area (Å²) < 4.78 is 81.3. The second-order valence-corrected chi connectivity index (χ2v) is 2.50. The first-order valence-corrected chi connectivity index (χ1v) is 3.40. The Labute approximate surface area is 88.4 Å². The topological polar surface area (TPSA) is 36.5 Å². The van der Waals surface area contributed by atoms with Gasteiger partial charge in [-0.3, -0.25) is 15.5 Å². The van der Waals surface area contributed by atoms with E-state index in [0.29, 0.717) is 5.31 Å². The van der Waals surface area contributed by atoms with Crippen LogP contribution >= 0.6 is 0 Å². The van der Waals surface area contributed by atoms with Crippen LogP contribution in [-0.4, -0.2) is 44.5 Å². The molecule has 0 radical (unpaired) electrons. The van der Waals surface area contributed by atoms with Gasteiger partial charge in [-0.25, -0.2) is 0 Å². The summed E-state index contributed by atoms with van der Waals surface area (Å²) in [7, 11) is -0.570. The Morgan fingerprint density at radius 2 is 2.58 bits per heavy atom. The maximum Gasteiger partial charge on any atom is 0.128 e. The molecule has 0 amide bonds. The second kappa shape index (κ2) is 4.18. The third kappa shape index (κ3) is 2.42. The normalized spacial score (nSPS) is 70.1. The van der Waals surface area contributed by atoms with Gasteiger partial charge in [0.25, 0.3) is 0 Å². The van der Waals surface area contributed by atoms with Gasteiger partial charge in [0.2, 0.25) is 0 Å². The number of hydrogen-bond acceptors (Lipinski definition) is 4. The molecular weight excluding hydrogens is 154 g/mol. The SMILES string of the molecule is [2H]CC1N([2H])C([2H])(N(C)C)N([2H])C([2H])(OC([2H])([2H])[2H])C1([2H])[2H]. The summed E-state index contributed by atoms with van der Waals surface area (Å²) in [5.74, 6) is 0. The van der Waals surface area contributed by atoms with E-state index < -0.39 is 38.8 Å². The molecule has 2 N–H and O–H groups in total. The van der Waals surface area contributed by atoms with E-state index in [9.17, 15) is 0 Å². The molecule has 0 aromatic heterocycles. The molecular formula is C8H19N3O. The highest BCUT2D eigenvalue weighted by molar-refractivity contribution is 4.78. The highest BCUT2D eigenvalue weighted by Gasteiger charge is 2.25. The highest BCUT2D eigenvalue weighted by Crippen LogP contribution is 2.07. The largest absolute Gasteiger partial charge is 0.366 e. The number of nitrogens with one attached hydrogen (secondary N) is 2. The first-order chi connectivity index (χ1) is 9.66. The Hall–Kier alpha value is -0.160. The van der Waals surface area contributed by atoms with Crippen molar-refractivity contribution in [1.82, 2.24) is 15.5 Å². The van der Waals surface area contributed by atoms with Gasteiger partial charge in [-0.2, -0.15) is 0 Å². The molecule has 4 nitrogen and oxygen atoms in total. The third-order valence-electron chi connectivity index (χ3n) is 1.26. The average Bonchev–Trinajstić information content (AvgIpc) is 2.33. The molecule has 0 aliphatic carbocycles. The molecule has 0 spiro atoms. The van der Waals surface area contributed by atoms with Crippen LogP contribution in [0.4, 0.5) is 0 Å². The Morgan fingerprint density at radius 1 is 1.75 bits per heavy atom. The van der Waals surface area contributed by atoms with Crippen molar-refractivity contribution < 1.29 is 18.5 Å². The summed E-state index contributed by atoms with van der Waals surface area (Å²) in [5.41, 5.74) is 0. The first-order valence-electron chi connectivity index (χ1n) is 8.50. The van der Waals surface area contributed by atoms with E-state index in [4.69, 9.17) is 13.8 Å².